The fourth-order valence-electron chi connectivity index (χ4n) is 1.29. The monoisotopic (exact) mass is 179 g/mol. The van der Waals surface area contributed by atoms with E-state index < -0.39 is 5.82 Å². The standard InChI is InChI=1S/C9H10FN3/c10-7-3-6(5-1-2-5)4-13-8(7)9(11)12/h3-5H,1-2H2,(H3,11,12). The van der Waals surface area contributed by atoms with Gasteiger partial charge in [-0.1, -0.05) is 0 Å². The minimum absolute atomic E-state index is 0.0515. The van der Waals surface area contributed by atoms with E-state index in [1.54, 1.807) is 6.20 Å². The summed E-state index contributed by atoms with van der Waals surface area (Å²) in [5, 5.41) is 7.04. The van der Waals surface area contributed by atoms with Crippen molar-refractivity contribution in [2.24, 2.45) is 5.73 Å². The predicted octanol–water partition coefficient (Wildman–Crippen LogP) is 1.38. The van der Waals surface area contributed by atoms with Crippen LogP contribution in [0.5, 0.6) is 0 Å². The van der Waals surface area contributed by atoms with E-state index in [4.69, 9.17) is 11.1 Å². The van der Waals surface area contributed by atoms with Crippen LogP contribution in [-0.4, -0.2) is 10.8 Å². The van der Waals surface area contributed by atoms with E-state index in [9.17, 15) is 4.39 Å². The van der Waals surface area contributed by atoms with Gasteiger partial charge in [0.05, 0.1) is 0 Å². The number of rotatable bonds is 2. The van der Waals surface area contributed by atoms with Crippen LogP contribution in [0.1, 0.15) is 30.0 Å². The number of nitrogens with two attached hydrogens (primary N) is 1. The molecule has 1 aromatic rings. The van der Waals surface area contributed by atoms with Crippen molar-refractivity contribution in [3.05, 3.63) is 29.3 Å². The van der Waals surface area contributed by atoms with Gasteiger partial charge in [-0.15, -0.1) is 0 Å². The molecule has 0 aromatic carbocycles. The summed E-state index contributed by atoms with van der Waals surface area (Å²) in [6, 6.07) is 1.43. The summed E-state index contributed by atoms with van der Waals surface area (Å²) in [6.07, 6.45) is 3.83. The molecule has 4 heteroatoms. The lowest BCUT2D eigenvalue weighted by atomic mass is 10.1. The van der Waals surface area contributed by atoms with Crippen LogP contribution in [0, 0.1) is 11.2 Å². The van der Waals surface area contributed by atoms with Crippen molar-refractivity contribution in [2.75, 3.05) is 0 Å². The summed E-state index contributed by atoms with van der Waals surface area (Å²) < 4.78 is 13.2. The highest BCUT2D eigenvalue weighted by atomic mass is 19.1. The Kier molecular flexibility index (Phi) is 1.76. The smallest absolute Gasteiger partial charge is 0.152 e. The lowest BCUT2D eigenvalue weighted by Gasteiger charge is -2.01. The van der Waals surface area contributed by atoms with Crippen LogP contribution in [0.4, 0.5) is 4.39 Å². The van der Waals surface area contributed by atoms with E-state index >= 15 is 0 Å². The first-order valence-corrected chi connectivity index (χ1v) is 4.18. The van der Waals surface area contributed by atoms with Crippen molar-refractivity contribution in [3.8, 4) is 0 Å². The van der Waals surface area contributed by atoms with Gasteiger partial charge in [0, 0.05) is 6.20 Å². The molecular weight excluding hydrogens is 169 g/mol. The molecule has 0 unspecified atom stereocenters. The Morgan fingerprint density at radius 1 is 1.62 bits per heavy atom. The van der Waals surface area contributed by atoms with Crippen molar-refractivity contribution >= 4 is 5.84 Å². The van der Waals surface area contributed by atoms with Crippen molar-refractivity contribution in [2.45, 2.75) is 18.8 Å². The van der Waals surface area contributed by atoms with Gasteiger partial charge in [-0.3, -0.25) is 5.41 Å². The average molecular weight is 179 g/mol. The Hall–Kier alpha value is -1.45. The third-order valence-corrected chi connectivity index (χ3v) is 2.17. The molecule has 0 saturated heterocycles. The van der Waals surface area contributed by atoms with E-state index in [0.717, 1.165) is 18.4 Å². The van der Waals surface area contributed by atoms with Gasteiger partial charge in [0.2, 0.25) is 0 Å². The summed E-state index contributed by atoms with van der Waals surface area (Å²) in [7, 11) is 0. The number of nitrogens with zero attached hydrogens (tertiary/aromatic N) is 1. The van der Waals surface area contributed by atoms with E-state index in [2.05, 4.69) is 4.98 Å². The molecule has 0 amide bonds. The molecule has 1 heterocycles. The second-order valence-electron chi connectivity index (χ2n) is 3.29. The van der Waals surface area contributed by atoms with Crippen LogP contribution in [0.15, 0.2) is 12.3 Å². The predicted molar refractivity (Wildman–Crippen MR) is 47.2 cm³/mol. The van der Waals surface area contributed by atoms with Gasteiger partial charge in [-0.05, 0) is 30.4 Å². The van der Waals surface area contributed by atoms with Crippen molar-refractivity contribution in [1.29, 1.82) is 5.41 Å². The first-order valence-electron chi connectivity index (χ1n) is 4.18. The Morgan fingerprint density at radius 2 is 2.31 bits per heavy atom. The average Bonchev–Trinajstić information content (AvgIpc) is 2.85. The summed E-state index contributed by atoms with van der Waals surface area (Å²) in [6.45, 7) is 0. The van der Waals surface area contributed by atoms with Crippen LogP contribution < -0.4 is 5.73 Å². The normalized spacial score (nSPS) is 15.8. The van der Waals surface area contributed by atoms with E-state index in [0.29, 0.717) is 5.92 Å². The molecule has 0 atom stereocenters. The first kappa shape index (κ1) is 8.16. The van der Waals surface area contributed by atoms with Crippen LogP contribution in [-0.2, 0) is 0 Å². The molecule has 3 N–H and O–H groups in total. The van der Waals surface area contributed by atoms with E-state index in [1.807, 2.05) is 0 Å². The molecule has 1 saturated carbocycles. The SMILES string of the molecule is N=C(N)c1ncc(C2CC2)cc1F. The lowest BCUT2D eigenvalue weighted by Crippen LogP contribution is -2.15. The van der Waals surface area contributed by atoms with Gasteiger partial charge in [0.15, 0.2) is 5.82 Å². The molecule has 1 fully saturated rings. The molecule has 0 bridgehead atoms. The first-order chi connectivity index (χ1) is 6.18. The minimum atomic E-state index is -0.489. The van der Waals surface area contributed by atoms with Crippen molar-refractivity contribution < 1.29 is 4.39 Å². The minimum Gasteiger partial charge on any atom is -0.382 e. The molecule has 1 aliphatic carbocycles. The van der Waals surface area contributed by atoms with Crippen molar-refractivity contribution in [1.82, 2.24) is 4.98 Å². The van der Waals surface area contributed by atoms with Gasteiger partial charge in [-0.2, -0.15) is 0 Å². The number of halogens is 1. The number of amidine groups is 1. The zero-order valence-corrected chi connectivity index (χ0v) is 7.05. The molecule has 68 valence electrons. The maximum atomic E-state index is 13.2. The third-order valence-electron chi connectivity index (χ3n) is 2.17. The van der Waals surface area contributed by atoms with E-state index in [-0.39, 0.29) is 11.5 Å². The molecule has 0 radical (unpaired) electrons. The highest BCUT2D eigenvalue weighted by Gasteiger charge is 2.24. The third kappa shape index (κ3) is 1.52. The quantitative estimate of drug-likeness (QED) is 0.532. The zero-order valence-electron chi connectivity index (χ0n) is 7.05. The molecule has 0 spiro atoms. The maximum Gasteiger partial charge on any atom is 0.152 e. The number of nitrogens with one attached hydrogen (secondary N) is 1. The van der Waals surface area contributed by atoms with Gasteiger partial charge in [0.1, 0.15) is 11.5 Å². The molecular formula is C9H10FN3. The van der Waals surface area contributed by atoms with Crippen LogP contribution in [0.2, 0.25) is 0 Å². The zero-order chi connectivity index (χ0) is 9.42. The fraction of sp³-hybridized carbons (Fsp3) is 0.333. The van der Waals surface area contributed by atoms with Crippen molar-refractivity contribution in [3.63, 3.8) is 0 Å². The van der Waals surface area contributed by atoms with Crippen LogP contribution in [0.3, 0.4) is 0 Å². The fourth-order valence-corrected chi connectivity index (χ4v) is 1.29. The van der Waals surface area contributed by atoms with Crippen LogP contribution >= 0.6 is 0 Å². The van der Waals surface area contributed by atoms with E-state index in [1.165, 1.54) is 6.07 Å². The number of nitrogen functional groups attached to an aromatic ring is 1. The summed E-state index contributed by atoms with van der Waals surface area (Å²) in [5.41, 5.74) is 6.00. The molecule has 0 aliphatic heterocycles. The molecule has 13 heavy (non-hydrogen) atoms. The summed E-state index contributed by atoms with van der Waals surface area (Å²) in [5.74, 6) is -0.334. The molecule has 1 aromatic heterocycles. The lowest BCUT2D eigenvalue weighted by molar-refractivity contribution is 0.615. The highest BCUT2D eigenvalue weighted by Crippen LogP contribution is 2.39. The highest BCUT2D eigenvalue weighted by molar-refractivity contribution is 5.93. The Labute approximate surface area is 75.3 Å². The molecule has 2 rings (SSSR count). The second-order valence-corrected chi connectivity index (χ2v) is 3.29. The Balaban J connectivity index is 2.36. The number of aromatic nitrogens is 1. The Morgan fingerprint density at radius 3 is 2.77 bits per heavy atom. The summed E-state index contributed by atoms with van der Waals surface area (Å²) >= 11 is 0. The van der Waals surface area contributed by atoms with Gasteiger partial charge in [0.25, 0.3) is 0 Å². The van der Waals surface area contributed by atoms with Gasteiger partial charge < -0.3 is 5.73 Å². The van der Waals surface area contributed by atoms with Gasteiger partial charge >= 0.3 is 0 Å². The van der Waals surface area contributed by atoms with Crippen LogP contribution in [0.25, 0.3) is 0 Å². The number of hydrogen-bond donors (Lipinski definition) is 2. The van der Waals surface area contributed by atoms with Gasteiger partial charge in [-0.25, -0.2) is 9.37 Å². The maximum absolute atomic E-state index is 13.2. The summed E-state index contributed by atoms with van der Waals surface area (Å²) in [4.78, 5) is 3.81. The molecule has 3 nitrogen and oxygen atoms in total. The number of hydrogen-bond acceptors (Lipinski definition) is 2. The Bertz CT molecular complexity index is 358. The topological polar surface area (TPSA) is 62.8 Å². The largest absolute Gasteiger partial charge is 0.382 e. The molecule has 1 aliphatic rings. The second kappa shape index (κ2) is 2.80. The number of pyridine rings is 1.